The molecule has 1 aliphatic rings. The molecule has 0 spiro atoms. The number of rotatable bonds is 5. The average molecular weight is 380 g/mol. The molecule has 2 aromatic rings. The van der Waals surface area contributed by atoms with Gasteiger partial charge in [0.25, 0.3) is 5.69 Å². The normalized spacial score (nSPS) is 15.8. The monoisotopic (exact) mass is 380 g/mol. The summed E-state index contributed by atoms with van der Waals surface area (Å²) in [6, 6.07) is 11.2. The lowest BCUT2D eigenvalue weighted by molar-refractivity contribution is -0.384. The van der Waals surface area contributed by atoms with Crippen LogP contribution in [0.5, 0.6) is 5.75 Å². The number of nitrogens with zero attached hydrogens (tertiary/aromatic N) is 3. The van der Waals surface area contributed by atoms with Crippen molar-refractivity contribution in [3.63, 3.8) is 0 Å². The molecule has 0 bridgehead atoms. The maximum atomic E-state index is 13.0. The third kappa shape index (κ3) is 3.74. The number of benzene rings is 2. The highest BCUT2D eigenvalue weighted by molar-refractivity contribution is 5.98. The zero-order valence-corrected chi connectivity index (χ0v) is 15.6. The Morgan fingerprint density at radius 2 is 2.14 bits per heavy atom. The van der Waals surface area contributed by atoms with Gasteiger partial charge in [-0.25, -0.2) is 0 Å². The number of carbonyl (C=O) groups is 1. The molecule has 1 aliphatic heterocycles. The Labute approximate surface area is 162 Å². The minimum atomic E-state index is -0.545. The fourth-order valence-electron chi connectivity index (χ4n) is 3.45. The van der Waals surface area contributed by atoms with E-state index in [1.807, 2.05) is 25.1 Å². The van der Waals surface area contributed by atoms with Crippen molar-refractivity contribution in [1.82, 2.24) is 0 Å². The van der Waals surface area contributed by atoms with Crippen molar-refractivity contribution in [3.8, 4) is 11.8 Å². The number of nitriles is 1. The van der Waals surface area contributed by atoms with E-state index in [1.165, 1.54) is 25.3 Å². The molecule has 0 aliphatic carbocycles. The van der Waals surface area contributed by atoms with Crippen LogP contribution in [0.2, 0.25) is 0 Å². The van der Waals surface area contributed by atoms with E-state index in [9.17, 15) is 14.9 Å². The first-order chi connectivity index (χ1) is 13.4. The van der Waals surface area contributed by atoms with Gasteiger partial charge in [-0.2, -0.15) is 5.26 Å². The van der Waals surface area contributed by atoms with Crippen molar-refractivity contribution in [2.45, 2.75) is 25.8 Å². The summed E-state index contributed by atoms with van der Waals surface area (Å²) in [4.78, 5) is 25.7. The summed E-state index contributed by atoms with van der Waals surface area (Å²) in [5.74, 6) is 0.299. The van der Waals surface area contributed by atoms with Crippen molar-refractivity contribution in [2.24, 2.45) is 0 Å². The lowest BCUT2D eigenvalue weighted by Crippen LogP contribution is -2.40. The SMILES string of the molecule is COc1ccc(C)cc1NC(=O)C1CCCN1c1ccc(C#N)cc1[N+](=O)[O-]. The van der Waals surface area contributed by atoms with Crippen LogP contribution in [0.15, 0.2) is 36.4 Å². The zero-order valence-electron chi connectivity index (χ0n) is 15.6. The Balaban J connectivity index is 1.90. The molecule has 144 valence electrons. The molecule has 1 atom stereocenters. The van der Waals surface area contributed by atoms with Gasteiger partial charge in [0.1, 0.15) is 17.5 Å². The summed E-state index contributed by atoms with van der Waals surface area (Å²) in [7, 11) is 1.53. The Morgan fingerprint density at radius 3 is 2.82 bits per heavy atom. The van der Waals surface area contributed by atoms with Gasteiger partial charge in [0.2, 0.25) is 5.91 Å². The highest BCUT2D eigenvalue weighted by Crippen LogP contribution is 2.35. The van der Waals surface area contributed by atoms with Gasteiger partial charge in [-0.1, -0.05) is 6.07 Å². The molecule has 3 rings (SSSR count). The number of hydrogen-bond acceptors (Lipinski definition) is 6. The fraction of sp³-hybridized carbons (Fsp3) is 0.300. The van der Waals surface area contributed by atoms with Crippen LogP contribution < -0.4 is 15.0 Å². The van der Waals surface area contributed by atoms with E-state index >= 15 is 0 Å². The largest absolute Gasteiger partial charge is 0.495 e. The van der Waals surface area contributed by atoms with Crippen LogP contribution in [-0.4, -0.2) is 30.5 Å². The van der Waals surface area contributed by atoms with Crippen LogP contribution >= 0.6 is 0 Å². The molecule has 1 fully saturated rings. The third-order valence-corrected chi connectivity index (χ3v) is 4.78. The molecule has 2 aromatic carbocycles. The number of anilines is 2. The Kier molecular flexibility index (Phi) is 5.45. The van der Waals surface area contributed by atoms with Gasteiger partial charge in [-0.15, -0.1) is 0 Å². The molecule has 0 saturated carbocycles. The molecular formula is C20H20N4O4. The summed E-state index contributed by atoms with van der Waals surface area (Å²) in [6.45, 7) is 2.44. The van der Waals surface area contributed by atoms with Gasteiger partial charge in [-0.3, -0.25) is 14.9 Å². The number of carbonyl (C=O) groups excluding carboxylic acids is 1. The van der Waals surface area contributed by atoms with Crippen LogP contribution in [0, 0.1) is 28.4 Å². The third-order valence-electron chi connectivity index (χ3n) is 4.78. The number of aryl methyl sites for hydroxylation is 1. The van der Waals surface area contributed by atoms with Gasteiger partial charge < -0.3 is 15.0 Å². The van der Waals surface area contributed by atoms with Gasteiger partial charge in [0, 0.05) is 12.6 Å². The van der Waals surface area contributed by atoms with Crippen LogP contribution in [0.1, 0.15) is 24.0 Å². The van der Waals surface area contributed by atoms with Crippen LogP contribution in [0.3, 0.4) is 0 Å². The molecular weight excluding hydrogens is 360 g/mol. The first-order valence-corrected chi connectivity index (χ1v) is 8.85. The highest BCUT2D eigenvalue weighted by Gasteiger charge is 2.34. The van der Waals surface area contributed by atoms with Crippen molar-refractivity contribution >= 4 is 23.0 Å². The zero-order chi connectivity index (χ0) is 20.3. The van der Waals surface area contributed by atoms with E-state index in [4.69, 9.17) is 10.00 Å². The first-order valence-electron chi connectivity index (χ1n) is 8.85. The number of nitro groups is 1. The molecule has 0 radical (unpaired) electrons. The molecule has 1 unspecified atom stereocenters. The van der Waals surface area contributed by atoms with Crippen molar-refractivity contribution < 1.29 is 14.5 Å². The van der Waals surface area contributed by atoms with E-state index in [-0.39, 0.29) is 17.2 Å². The van der Waals surface area contributed by atoms with Crippen LogP contribution in [0.4, 0.5) is 17.1 Å². The summed E-state index contributed by atoms with van der Waals surface area (Å²) in [6.07, 6.45) is 1.32. The van der Waals surface area contributed by atoms with E-state index in [2.05, 4.69) is 5.32 Å². The lowest BCUT2D eigenvalue weighted by Gasteiger charge is -2.26. The molecule has 28 heavy (non-hydrogen) atoms. The van der Waals surface area contributed by atoms with Gasteiger partial charge in [-0.05, 0) is 49.6 Å². The topological polar surface area (TPSA) is 108 Å². The Hall–Kier alpha value is -3.60. The van der Waals surface area contributed by atoms with E-state index < -0.39 is 11.0 Å². The second-order valence-corrected chi connectivity index (χ2v) is 6.62. The van der Waals surface area contributed by atoms with Crippen molar-refractivity contribution in [3.05, 3.63) is 57.6 Å². The minimum absolute atomic E-state index is 0.174. The first kappa shape index (κ1) is 19.2. The van der Waals surface area contributed by atoms with Gasteiger partial charge >= 0.3 is 0 Å². The molecule has 1 heterocycles. The predicted molar refractivity (Wildman–Crippen MR) is 105 cm³/mol. The number of methoxy groups -OCH3 is 1. The summed E-state index contributed by atoms with van der Waals surface area (Å²) < 4.78 is 5.30. The summed E-state index contributed by atoms with van der Waals surface area (Å²) in [5, 5.41) is 23.4. The smallest absolute Gasteiger partial charge is 0.293 e. The van der Waals surface area contributed by atoms with Crippen LogP contribution in [0.25, 0.3) is 0 Å². The minimum Gasteiger partial charge on any atom is -0.495 e. The van der Waals surface area contributed by atoms with Gasteiger partial charge in [0.15, 0.2) is 0 Å². The van der Waals surface area contributed by atoms with Crippen molar-refractivity contribution in [2.75, 3.05) is 23.9 Å². The van der Waals surface area contributed by atoms with Crippen LogP contribution in [-0.2, 0) is 4.79 Å². The highest BCUT2D eigenvalue weighted by atomic mass is 16.6. The molecule has 8 heteroatoms. The Bertz CT molecular complexity index is 967. The van der Waals surface area contributed by atoms with E-state index in [0.29, 0.717) is 30.1 Å². The van der Waals surface area contributed by atoms with Crippen molar-refractivity contribution in [1.29, 1.82) is 5.26 Å². The molecule has 0 aromatic heterocycles. The number of amides is 1. The molecule has 1 saturated heterocycles. The summed E-state index contributed by atoms with van der Waals surface area (Å²) in [5.41, 5.74) is 1.92. The molecule has 1 amide bonds. The van der Waals surface area contributed by atoms with E-state index in [0.717, 1.165) is 12.0 Å². The maximum Gasteiger partial charge on any atom is 0.293 e. The second kappa shape index (κ2) is 7.96. The second-order valence-electron chi connectivity index (χ2n) is 6.62. The lowest BCUT2D eigenvalue weighted by atomic mass is 10.1. The number of nitro benzene ring substituents is 1. The number of ether oxygens (including phenoxy) is 1. The quantitative estimate of drug-likeness (QED) is 0.629. The summed E-state index contributed by atoms with van der Waals surface area (Å²) >= 11 is 0. The fourth-order valence-corrected chi connectivity index (χ4v) is 3.45. The van der Waals surface area contributed by atoms with Gasteiger partial charge in [0.05, 0.1) is 29.4 Å². The van der Waals surface area contributed by atoms with E-state index in [1.54, 1.807) is 11.0 Å². The standard InChI is InChI=1S/C20H20N4O4/c1-13-5-8-19(28-2)15(10-13)22-20(25)17-4-3-9-23(17)16-7-6-14(12-21)11-18(16)24(26)27/h5-8,10-11,17H,3-4,9H2,1-2H3,(H,22,25). The maximum absolute atomic E-state index is 13.0. The number of hydrogen-bond donors (Lipinski definition) is 1. The Morgan fingerprint density at radius 1 is 1.36 bits per heavy atom. The average Bonchev–Trinajstić information content (AvgIpc) is 3.17. The molecule has 8 nitrogen and oxygen atoms in total. The predicted octanol–water partition coefficient (Wildman–Crippen LogP) is 3.39. The number of nitrogens with one attached hydrogen (secondary N) is 1. The molecule has 1 N–H and O–H groups in total.